The van der Waals surface area contributed by atoms with Gasteiger partial charge in [0.1, 0.15) is 0 Å². The van der Waals surface area contributed by atoms with Crippen LogP contribution in [0.3, 0.4) is 0 Å². The van der Waals surface area contributed by atoms with E-state index in [1.165, 1.54) is 12.1 Å². The Morgan fingerprint density at radius 3 is 1.75 bits per heavy atom. The van der Waals surface area contributed by atoms with Gasteiger partial charge < -0.3 is 10.2 Å². The third kappa shape index (κ3) is 6.52. The number of aliphatic hydroxyl groups excluding tert-OH is 2. The van der Waals surface area contributed by atoms with Gasteiger partial charge in [0.15, 0.2) is 0 Å². The SMILES string of the molecule is Cc1ccc(S(=O)(=O)O)cc1.OCCCO. The highest BCUT2D eigenvalue weighted by Gasteiger charge is 2.06. The molecule has 0 heterocycles. The largest absolute Gasteiger partial charge is 0.396 e. The lowest BCUT2D eigenvalue weighted by molar-refractivity contribution is 0.221. The molecule has 1 rings (SSSR count). The van der Waals surface area contributed by atoms with E-state index in [-0.39, 0.29) is 18.1 Å². The molecule has 6 heteroatoms. The first kappa shape index (κ1) is 15.0. The summed E-state index contributed by atoms with van der Waals surface area (Å²) in [6.07, 6.45) is 0.500. The lowest BCUT2D eigenvalue weighted by Gasteiger charge is -1.95. The van der Waals surface area contributed by atoms with Gasteiger partial charge >= 0.3 is 0 Å². The molecule has 0 bridgehead atoms. The van der Waals surface area contributed by atoms with Crippen LogP contribution < -0.4 is 0 Å². The van der Waals surface area contributed by atoms with Crippen LogP contribution in [0.4, 0.5) is 0 Å². The number of hydrogen-bond donors (Lipinski definition) is 3. The van der Waals surface area contributed by atoms with Crippen LogP contribution in [-0.4, -0.2) is 36.4 Å². The number of rotatable bonds is 3. The molecule has 0 spiro atoms. The number of benzene rings is 1. The van der Waals surface area contributed by atoms with Crippen LogP contribution in [0.5, 0.6) is 0 Å². The Labute approximate surface area is 95.1 Å². The molecule has 0 aliphatic rings. The van der Waals surface area contributed by atoms with Crippen LogP contribution in [0.2, 0.25) is 0 Å². The van der Waals surface area contributed by atoms with Crippen molar-refractivity contribution in [3.05, 3.63) is 29.8 Å². The summed E-state index contributed by atoms with van der Waals surface area (Å²) in [7, 11) is -4.02. The van der Waals surface area contributed by atoms with E-state index in [9.17, 15) is 8.42 Å². The van der Waals surface area contributed by atoms with Crippen molar-refractivity contribution in [1.29, 1.82) is 0 Å². The minimum absolute atomic E-state index is 0.0666. The average molecular weight is 248 g/mol. The molecule has 0 saturated carbocycles. The average Bonchev–Trinajstić information content (AvgIpc) is 2.19. The Bertz CT molecular complexity index is 380. The molecule has 0 aromatic heterocycles. The zero-order valence-corrected chi connectivity index (χ0v) is 9.81. The van der Waals surface area contributed by atoms with Crippen LogP contribution >= 0.6 is 0 Å². The second-order valence-corrected chi connectivity index (χ2v) is 4.51. The second-order valence-electron chi connectivity index (χ2n) is 3.09. The number of aryl methyl sites for hydroxylation is 1. The van der Waals surface area contributed by atoms with Gasteiger partial charge in [0.05, 0.1) is 4.90 Å². The van der Waals surface area contributed by atoms with Gasteiger partial charge in [-0.3, -0.25) is 4.55 Å². The normalized spacial score (nSPS) is 10.5. The molecule has 1 aromatic rings. The second kappa shape index (κ2) is 7.34. The quantitative estimate of drug-likeness (QED) is 0.681. The van der Waals surface area contributed by atoms with Crippen molar-refractivity contribution in [1.82, 2.24) is 0 Å². The zero-order chi connectivity index (χ0) is 12.6. The van der Waals surface area contributed by atoms with Crippen molar-refractivity contribution in [2.75, 3.05) is 13.2 Å². The standard InChI is InChI=1S/C7H8O3S.C3H8O2/c1-6-2-4-7(5-3-6)11(8,9)10;4-2-1-3-5/h2-5H,1H3,(H,8,9,10);4-5H,1-3H2. The van der Waals surface area contributed by atoms with Gasteiger partial charge in [0.2, 0.25) is 0 Å². The van der Waals surface area contributed by atoms with Crippen LogP contribution in [0.15, 0.2) is 29.2 Å². The maximum atomic E-state index is 10.5. The van der Waals surface area contributed by atoms with E-state index < -0.39 is 10.1 Å². The molecule has 3 N–H and O–H groups in total. The van der Waals surface area contributed by atoms with Gasteiger partial charge in [-0.2, -0.15) is 8.42 Å². The van der Waals surface area contributed by atoms with Gasteiger partial charge in [0, 0.05) is 13.2 Å². The summed E-state index contributed by atoms with van der Waals surface area (Å²) >= 11 is 0. The molecule has 0 radical (unpaired) electrons. The minimum Gasteiger partial charge on any atom is -0.396 e. The van der Waals surface area contributed by atoms with E-state index in [2.05, 4.69) is 0 Å². The maximum absolute atomic E-state index is 10.5. The van der Waals surface area contributed by atoms with Crippen LogP contribution in [0.25, 0.3) is 0 Å². The summed E-state index contributed by atoms with van der Waals surface area (Å²) in [4.78, 5) is -0.0666. The van der Waals surface area contributed by atoms with Gasteiger partial charge in [-0.25, -0.2) is 0 Å². The van der Waals surface area contributed by atoms with Gasteiger partial charge in [-0.15, -0.1) is 0 Å². The predicted molar refractivity (Wildman–Crippen MR) is 59.8 cm³/mol. The van der Waals surface area contributed by atoms with Crippen molar-refractivity contribution in [2.24, 2.45) is 0 Å². The van der Waals surface area contributed by atoms with E-state index in [1.54, 1.807) is 12.1 Å². The monoisotopic (exact) mass is 248 g/mol. The summed E-state index contributed by atoms with van der Waals surface area (Å²) in [6.45, 7) is 2.03. The summed E-state index contributed by atoms with van der Waals surface area (Å²) in [5, 5.41) is 15.8. The fraction of sp³-hybridized carbons (Fsp3) is 0.400. The smallest absolute Gasteiger partial charge is 0.294 e. The Morgan fingerprint density at radius 1 is 1.06 bits per heavy atom. The Hall–Kier alpha value is -0.950. The van der Waals surface area contributed by atoms with Crippen molar-refractivity contribution < 1.29 is 23.2 Å². The number of aliphatic hydroxyl groups is 2. The highest BCUT2D eigenvalue weighted by molar-refractivity contribution is 7.85. The van der Waals surface area contributed by atoms with E-state index in [0.717, 1.165) is 5.56 Å². The fourth-order valence-corrected chi connectivity index (χ4v) is 1.26. The molecule has 16 heavy (non-hydrogen) atoms. The minimum atomic E-state index is -4.02. The molecule has 0 amide bonds. The Morgan fingerprint density at radius 2 is 1.50 bits per heavy atom. The Kier molecular flexibility index (Phi) is 6.91. The van der Waals surface area contributed by atoms with Crippen molar-refractivity contribution in [3.8, 4) is 0 Å². The summed E-state index contributed by atoms with van der Waals surface area (Å²) in [5.41, 5.74) is 0.956. The highest BCUT2D eigenvalue weighted by atomic mass is 32.2. The van der Waals surface area contributed by atoms with Crippen molar-refractivity contribution in [3.63, 3.8) is 0 Å². The lowest BCUT2D eigenvalue weighted by Crippen LogP contribution is -1.96. The molecule has 0 atom stereocenters. The molecule has 1 aromatic carbocycles. The molecule has 0 aliphatic carbocycles. The third-order valence-corrected chi connectivity index (χ3v) is 2.50. The summed E-state index contributed by atoms with van der Waals surface area (Å²) in [5.74, 6) is 0. The Balaban J connectivity index is 0.000000385. The van der Waals surface area contributed by atoms with Crippen LogP contribution in [-0.2, 0) is 10.1 Å². The highest BCUT2D eigenvalue weighted by Crippen LogP contribution is 2.08. The van der Waals surface area contributed by atoms with E-state index in [0.29, 0.717) is 6.42 Å². The molecule has 5 nitrogen and oxygen atoms in total. The summed E-state index contributed by atoms with van der Waals surface area (Å²) in [6, 6.07) is 5.99. The molecule has 92 valence electrons. The molecule has 0 saturated heterocycles. The first-order valence-electron chi connectivity index (χ1n) is 4.67. The first-order valence-corrected chi connectivity index (χ1v) is 6.11. The maximum Gasteiger partial charge on any atom is 0.294 e. The third-order valence-electron chi connectivity index (χ3n) is 1.64. The van der Waals surface area contributed by atoms with E-state index >= 15 is 0 Å². The van der Waals surface area contributed by atoms with Crippen molar-refractivity contribution in [2.45, 2.75) is 18.2 Å². The van der Waals surface area contributed by atoms with E-state index in [1.807, 2.05) is 6.92 Å². The molecular formula is C10H16O5S. The zero-order valence-electron chi connectivity index (χ0n) is 9.00. The van der Waals surface area contributed by atoms with E-state index in [4.69, 9.17) is 14.8 Å². The molecule has 0 unspecified atom stereocenters. The summed E-state index contributed by atoms with van der Waals surface area (Å²) < 4.78 is 29.6. The van der Waals surface area contributed by atoms with Gasteiger partial charge in [-0.05, 0) is 25.5 Å². The van der Waals surface area contributed by atoms with Gasteiger partial charge in [0.25, 0.3) is 10.1 Å². The first-order chi connectivity index (χ1) is 7.41. The lowest BCUT2D eigenvalue weighted by atomic mass is 10.2. The van der Waals surface area contributed by atoms with Crippen LogP contribution in [0, 0.1) is 6.92 Å². The van der Waals surface area contributed by atoms with Gasteiger partial charge in [-0.1, -0.05) is 17.7 Å². The molecular weight excluding hydrogens is 232 g/mol. The topological polar surface area (TPSA) is 94.8 Å². The fourth-order valence-electron chi connectivity index (χ4n) is 0.781. The van der Waals surface area contributed by atoms with Crippen LogP contribution in [0.1, 0.15) is 12.0 Å². The molecule has 0 aliphatic heterocycles. The number of hydrogen-bond acceptors (Lipinski definition) is 4. The predicted octanol–water partition coefficient (Wildman–Crippen LogP) is 0.603. The van der Waals surface area contributed by atoms with Crippen molar-refractivity contribution >= 4 is 10.1 Å². The molecule has 0 fully saturated rings.